The molecule has 0 aromatic heterocycles. The molecule has 0 spiro atoms. The summed E-state index contributed by atoms with van der Waals surface area (Å²) in [5.41, 5.74) is 0.936. The van der Waals surface area contributed by atoms with Crippen molar-refractivity contribution in [1.82, 2.24) is 15.5 Å². The molecule has 2 N–H and O–H groups in total. The van der Waals surface area contributed by atoms with Crippen LogP contribution < -0.4 is 10.6 Å². The zero-order valence-corrected chi connectivity index (χ0v) is 14.4. The van der Waals surface area contributed by atoms with E-state index >= 15 is 0 Å². The lowest BCUT2D eigenvalue weighted by atomic mass is 10.2. The van der Waals surface area contributed by atoms with Crippen molar-refractivity contribution in [2.45, 2.75) is 33.4 Å². The Kier molecular flexibility index (Phi) is 8.49. The van der Waals surface area contributed by atoms with Crippen LogP contribution in [0.5, 0.6) is 0 Å². The number of carbonyl (C=O) groups excluding carboxylic acids is 3. The molecule has 0 aliphatic carbocycles. The van der Waals surface area contributed by atoms with E-state index in [-0.39, 0.29) is 19.1 Å². The summed E-state index contributed by atoms with van der Waals surface area (Å²) in [7, 11) is 0. The van der Waals surface area contributed by atoms with Crippen molar-refractivity contribution in [3.8, 4) is 0 Å². The van der Waals surface area contributed by atoms with Crippen molar-refractivity contribution in [1.29, 1.82) is 0 Å². The Morgan fingerprint density at radius 3 is 2.38 bits per heavy atom. The van der Waals surface area contributed by atoms with E-state index < -0.39 is 17.9 Å². The van der Waals surface area contributed by atoms with E-state index in [1.165, 1.54) is 0 Å². The first-order chi connectivity index (χ1) is 11.4. The predicted molar refractivity (Wildman–Crippen MR) is 90.2 cm³/mol. The van der Waals surface area contributed by atoms with Crippen molar-refractivity contribution >= 4 is 17.9 Å². The Bertz CT molecular complexity index is 546. The number of imide groups is 1. The topological polar surface area (TPSA) is 87.7 Å². The molecule has 1 aromatic rings. The van der Waals surface area contributed by atoms with E-state index in [0.717, 1.165) is 5.56 Å². The zero-order chi connectivity index (χ0) is 17.9. The van der Waals surface area contributed by atoms with Crippen molar-refractivity contribution < 1.29 is 19.1 Å². The lowest BCUT2D eigenvalue weighted by Crippen LogP contribution is -2.47. The van der Waals surface area contributed by atoms with Crippen LogP contribution >= 0.6 is 0 Å². The zero-order valence-electron chi connectivity index (χ0n) is 14.4. The number of ether oxygens (including phenoxy) is 1. The van der Waals surface area contributed by atoms with Gasteiger partial charge in [0, 0.05) is 12.6 Å². The van der Waals surface area contributed by atoms with Gasteiger partial charge in [-0.15, -0.1) is 0 Å². The highest BCUT2D eigenvalue weighted by atomic mass is 16.5. The van der Waals surface area contributed by atoms with E-state index in [4.69, 9.17) is 4.74 Å². The Morgan fingerprint density at radius 2 is 1.79 bits per heavy atom. The molecule has 0 radical (unpaired) electrons. The van der Waals surface area contributed by atoms with Gasteiger partial charge in [0.15, 0.2) is 0 Å². The fraction of sp³-hybridized carbons (Fsp3) is 0.471. The van der Waals surface area contributed by atoms with Crippen molar-refractivity contribution in [2.75, 3.05) is 19.7 Å². The summed E-state index contributed by atoms with van der Waals surface area (Å²) in [4.78, 5) is 36.9. The highest BCUT2D eigenvalue weighted by Gasteiger charge is 2.19. The summed E-state index contributed by atoms with van der Waals surface area (Å²) in [6.07, 6.45) is 0. The predicted octanol–water partition coefficient (Wildman–Crippen LogP) is 1.29. The van der Waals surface area contributed by atoms with Crippen molar-refractivity contribution in [3.05, 3.63) is 35.9 Å². The van der Waals surface area contributed by atoms with Crippen molar-refractivity contribution in [2.24, 2.45) is 0 Å². The highest BCUT2D eigenvalue weighted by Crippen LogP contribution is 1.99. The quantitative estimate of drug-likeness (QED) is 0.699. The van der Waals surface area contributed by atoms with Crippen LogP contribution in [0.1, 0.15) is 26.3 Å². The van der Waals surface area contributed by atoms with Crippen LogP contribution in [0.3, 0.4) is 0 Å². The van der Waals surface area contributed by atoms with Gasteiger partial charge in [-0.05, 0) is 26.3 Å². The minimum absolute atomic E-state index is 0.00452. The number of esters is 1. The maximum Gasteiger partial charge on any atom is 0.321 e. The van der Waals surface area contributed by atoms with Crippen LogP contribution in [0, 0.1) is 0 Å². The molecule has 0 saturated heterocycles. The number of benzene rings is 1. The van der Waals surface area contributed by atoms with E-state index in [1.54, 1.807) is 11.8 Å². The molecule has 1 aromatic carbocycles. The average molecular weight is 335 g/mol. The number of hydrogen-bond donors (Lipinski definition) is 2. The summed E-state index contributed by atoms with van der Waals surface area (Å²) in [5.74, 6) is -0.869. The first-order valence-electron chi connectivity index (χ1n) is 7.93. The first-order valence-corrected chi connectivity index (χ1v) is 7.93. The fourth-order valence-corrected chi connectivity index (χ4v) is 1.97. The summed E-state index contributed by atoms with van der Waals surface area (Å²) in [6, 6.07) is 8.78. The third kappa shape index (κ3) is 7.73. The molecule has 132 valence electrons. The second-order valence-electron chi connectivity index (χ2n) is 5.52. The second kappa shape index (κ2) is 10.4. The molecule has 7 nitrogen and oxygen atoms in total. The second-order valence-corrected chi connectivity index (χ2v) is 5.52. The van der Waals surface area contributed by atoms with Crippen LogP contribution in [-0.4, -0.2) is 48.5 Å². The van der Waals surface area contributed by atoms with Crippen LogP contribution in [0.4, 0.5) is 4.79 Å². The van der Waals surface area contributed by atoms with E-state index in [2.05, 4.69) is 10.6 Å². The molecule has 0 unspecified atom stereocenters. The Morgan fingerprint density at radius 1 is 1.12 bits per heavy atom. The number of amides is 3. The molecule has 3 amide bonds. The lowest BCUT2D eigenvalue weighted by Gasteiger charge is -2.24. The van der Waals surface area contributed by atoms with Gasteiger partial charge in [-0.1, -0.05) is 30.3 Å². The molecule has 0 atom stereocenters. The number of rotatable bonds is 8. The van der Waals surface area contributed by atoms with Crippen LogP contribution in [0.15, 0.2) is 30.3 Å². The van der Waals surface area contributed by atoms with Gasteiger partial charge in [0.05, 0.1) is 19.7 Å². The molecular formula is C17H25N3O4. The number of hydrogen-bond acceptors (Lipinski definition) is 5. The Labute approximate surface area is 142 Å². The van der Waals surface area contributed by atoms with Crippen LogP contribution in [-0.2, 0) is 20.9 Å². The number of nitrogens with one attached hydrogen (secondary N) is 2. The molecule has 0 aliphatic heterocycles. The number of urea groups is 1. The van der Waals surface area contributed by atoms with Gasteiger partial charge in [-0.25, -0.2) is 4.79 Å². The van der Waals surface area contributed by atoms with Crippen LogP contribution in [0.2, 0.25) is 0 Å². The third-order valence-corrected chi connectivity index (χ3v) is 3.26. The largest absolute Gasteiger partial charge is 0.465 e. The summed E-state index contributed by atoms with van der Waals surface area (Å²) >= 11 is 0. The molecule has 1 rings (SSSR count). The minimum Gasteiger partial charge on any atom is -0.465 e. The van der Waals surface area contributed by atoms with Gasteiger partial charge in [-0.2, -0.15) is 0 Å². The van der Waals surface area contributed by atoms with Gasteiger partial charge in [-0.3, -0.25) is 19.8 Å². The third-order valence-electron chi connectivity index (χ3n) is 3.26. The molecule has 0 bridgehead atoms. The lowest BCUT2D eigenvalue weighted by molar-refractivity contribution is -0.145. The van der Waals surface area contributed by atoms with Crippen LogP contribution in [0.25, 0.3) is 0 Å². The molecule has 0 fully saturated rings. The van der Waals surface area contributed by atoms with E-state index in [0.29, 0.717) is 13.2 Å². The van der Waals surface area contributed by atoms with Gasteiger partial charge >= 0.3 is 12.0 Å². The van der Waals surface area contributed by atoms with E-state index in [1.807, 2.05) is 44.2 Å². The van der Waals surface area contributed by atoms with Gasteiger partial charge < -0.3 is 10.1 Å². The number of carbonyl (C=O) groups is 3. The minimum atomic E-state index is -0.566. The summed E-state index contributed by atoms with van der Waals surface area (Å²) < 4.78 is 4.88. The standard InChI is InChI=1S/C17H25N3O4/c1-4-24-16(22)12-20(13(2)3)11-15(21)19-17(23)18-10-14-8-6-5-7-9-14/h5-9,13H,4,10-12H2,1-3H3,(H2,18,19,21,23). The summed E-state index contributed by atoms with van der Waals surface area (Å²) in [5, 5.41) is 4.87. The Balaban J connectivity index is 2.41. The average Bonchev–Trinajstić information content (AvgIpc) is 2.53. The first kappa shape index (κ1) is 19.6. The fourth-order valence-electron chi connectivity index (χ4n) is 1.97. The molecule has 0 saturated carbocycles. The smallest absolute Gasteiger partial charge is 0.321 e. The molecule has 0 heterocycles. The summed E-state index contributed by atoms with van der Waals surface area (Å²) in [6.45, 7) is 6.01. The van der Waals surface area contributed by atoms with Gasteiger partial charge in [0.25, 0.3) is 0 Å². The van der Waals surface area contributed by atoms with Crippen molar-refractivity contribution in [3.63, 3.8) is 0 Å². The molecule has 7 heteroatoms. The molecule has 0 aliphatic rings. The highest BCUT2D eigenvalue weighted by molar-refractivity contribution is 5.95. The Hall–Kier alpha value is -2.41. The molecular weight excluding hydrogens is 310 g/mol. The van der Waals surface area contributed by atoms with E-state index in [9.17, 15) is 14.4 Å². The SMILES string of the molecule is CCOC(=O)CN(CC(=O)NC(=O)NCc1ccccc1)C(C)C. The van der Waals surface area contributed by atoms with Gasteiger partial charge in [0.2, 0.25) is 5.91 Å². The molecule has 24 heavy (non-hydrogen) atoms. The monoisotopic (exact) mass is 335 g/mol. The normalized spacial score (nSPS) is 10.5. The number of nitrogens with zero attached hydrogens (tertiary/aromatic N) is 1. The van der Waals surface area contributed by atoms with Gasteiger partial charge in [0.1, 0.15) is 0 Å². The maximum atomic E-state index is 12.0. The maximum absolute atomic E-state index is 12.0.